The molecule has 0 amide bonds. The number of nitrogens with one attached hydrogen (secondary N) is 1. The van der Waals surface area contributed by atoms with Gasteiger partial charge in [-0.15, -0.1) is 0 Å². The first-order valence-electron chi connectivity index (χ1n) is 5.94. The molecule has 14 heavy (non-hydrogen) atoms. The Labute approximate surface area is 88.4 Å². The lowest BCUT2D eigenvalue weighted by Gasteiger charge is -2.37. The van der Waals surface area contributed by atoms with E-state index >= 15 is 0 Å². The van der Waals surface area contributed by atoms with Gasteiger partial charge in [-0.2, -0.15) is 0 Å². The van der Waals surface area contributed by atoms with Gasteiger partial charge in [0.25, 0.3) is 0 Å². The van der Waals surface area contributed by atoms with Gasteiger partial charge in [0.1, 0.15) is 0 Å². The quantitative estimate of drug-likeness (QED) is 0.751. The Balaban J connectivity index is 2.48. The van der Waals surface area contributed by atoms with Crippen LogP contribution in [0.15, 0.2) is 0 Å². The van der Waals surface area contributed by atoms with Gasteiger partial charge in [0.05, 0.1) is 11.7 Å². The lowest BCUT2D eigenvalue weighted by Crippen LogP contribution is -2.45. The third kappa shape index (κ3) is 3.25. The molecule has 2 unspecified atom stereocenters. The summed E-state index contributed by atoms with van der Waals surface area (Å²) in [6.07, 6.45) is 6.65. The van der Waals surface area contributed by atoms with E-state index in [1.54, 1.807) is 0 Å². The normalized spacial score (nSPS) is 29.1. The summed E-state index contributed by atoms with van der Waals surface area (Å²) in [6, 6.07) is 0.564. The van der Waals surface area contributed by atoms with Crippen LogP contribution in [0.25, 0.3) is 0 Å². The van der Waals surface area contributed by atoms with Crippen LogP contribution in [0, 0.1) is 0 Å². The van der Waals surface area contributed by atoms with Crippen molar-refractivity contribution in [3.63, 3.8) is 0 Å². The van der Waals surface area contributed by atoms with Gasteiger partial charge in [-0.25, -0.2) is 0 Å². The van der Waals surface area contributed by atoms with E-state index in [-0.39, 0.29) is 5.60 Å². The van der Waals surface area contributed by atoms with E-state index < -0.39 is 0 Å². The Morgan fingerprint density at radius 3 is 2.50 bits per heavy atom. The van der Waals surface area contributed by atoms with Gasteiger partial charge in [-0.3, -0.25) is 0 Å². The minimum atomic E-state index is 0.0388. The van der Waals surface area contributed by atoms with Crippen LogP contribution in [0.5, 0.6) is 0 Å². The molecule has 2 nitrogen and oxygen atoms in total. The highest BCUT2D eigenvalue weighted by atomic mass is 16.5. The highest BCUT2D eigenvalue weighted by molar-refractivity contribution is 4.83. The maximum absolute atomic E-state index is 6.17. The van der Waals surface area contributed by atoms with Gasteiger partial charge < -0.3 is 10.1 Å². The highest BCUT2D eigenvalue weighted by Crippen LogP contribution is 2.26. The van der Waals surface area contributed by atoms with Crippen molar-refractivity contribution in [2.24, 2.45) is 0 Å². The summed E-state index contributed by atoms with van der Waals surface area (Å²) in [5.74, 6) is 0. The Morgan fingerprint density at radius 2 is 1.93 bits per heavy atom. The minimum absolute atomic E-state index is 0.0388. The second kappa shape index (κ2) is 5.13. The zero-order chi connectivity index (χ0) is 10.6. The van der Waals surface area contributed by atoms with Crippen LogP contribution < -0.4 is 5.32 Å². The van der Waals surface area contributed by atoms with Crippen molar-refractivity contribution in [1.29, 1.82) is 0 Å². The number of hydrogen-bond donors (Lipinski definition) is 1. The molecule has 2 atom stereocenters. The molecule has 0 aromatic carbocycles. The molecule has 84 valence electrons. The molecule has 1 rings (SSSR count). The lowest BCUT2D eigenvalue weighted by atomic mass is 9.91. The fraction of sp³-hybridized carbons (Fsp3) is 1.00. The molecule has 0 bridgehead atoms. The van der Waals surface area contributed by atoms with Crippen molar-refractivity contribution in [1.82, 2.24) is 5.32 Å². The Kier molecular flexibility index (Phi) is 4.39. The van der Waals surface area contributed by atoms with E-state index in [2.05, 4.69) is 26.1 Å². The summed E-state index contributed by atoms with van der Waals surface area (Å²) in [5, 5.41) is 3.38. The van der Waals surface area contributed by atoms with Gasteiger partial charge in [0, 0.05) is 6.04 Å². The van der Waals surface area contributed by atoms with Crippen LogP contribution in [0.3, 0.4) is 0 Å². The number of likely N-dealkylation sites (N-methyl/N-ethyl adjacent to an activating group) is 1. The van der Waals surface area contributed by atoms with Crippen molar-refractivity contribution in [3.8, 4) is 0 Å². The highest BCUT2D eigenvalue weighted by Gasteiger charge is 2.29. The fourth-order valence-electron chi connectivity index (χ4n) is 2.06. The van der Waals surface area contributed by atoms with Crippen molar-refractivity contribution in [3.05, 3.63) is 0 Å². The van der Waals surface area contributed by atoms with Crippen LogP contribution in [0.1, 0.15) is 52.9 Å². The second-order valence-corrected chi connectivity index (χ2v) is 4.95. The molecule has 0 aromatic rings. The Bertz CT molecular complexity index is 168. The van der Waals surface area contributed by atoms with Crippen LogP contribution in [0.4, 0.5) is 0 Å². The topological polar surface area (TPSA) is 21.3 Å². The molecule has 1 N–H and O–H groups in total. The van der Waals surface area contributed by atoms with Gasteiger partial charge in [-0.05, 0) is 40.2 Å². The summed E-state index contributed by atoms with van der Waals surface area (Å²) in [5.41, 5.74) is 0.0388. The lowest BCUT2D eigenvalue weighted by molar-refractivity contribution is -0.0975. The molecule has 0 aromatic heterocycles. The molecule has 2 heteroatoms. The van der Waals surface area contributed by atoms with E-state index in [0.29, 0.717) is 12.1 Å². The van der Waals surface area contributed by atoms with Crippen molar-refractivity contribution < 1.29 is 4.74 Å². The average molecular weight is 199 g/mol. The largest absolute Gasteiger partial charge is 0.371 e. The van der Waals surface area contributed by atoms with Gasteiger partial charge in [0.15, 0.2) is 0 Å². The van der Waals surface area contributed by atoms with E-state index in [0.717, 1.165) is 6.42 Å². The average Bonchev–Trinajstić information content (AvgIpc) is 2.18. The third-order valence-corrected chi connectivity index (χ3v) is 3.40. The smallest absolute Gasteiger partial charge is 0.0735 e. The molecule has 1 fully saturated rings. The van der Waals surface area contributed by atoms with Crippen LogP contribution in [-0.4, -0.2) is 24.8 Å². The van der Waals surface area contributed by atoms with E-state index in [1.165, 1.54) is 25.7 Å². The molecule has 1 aliphatic rings. The number of ether oxygens (including phenoxy) is 1. The van der Waals surface area contributed by atoms with Gasteiger partial charge >= 0.3 is 0 Å². The summed E-state index contributed by atoms with van der Waals surface area (Å²) in [4.78, 5) is 0. The maximum atomic E-state index is 6.17. The van der Waals surface area contributed by atoms with Gasteiger partial charge in [0.2, 0.25) is 0 Å². The predicted octanol–water partition coefficient (Wildman–Crippen LogP) is 2.72. The molecule has 1 saturated carbocycles. The van der Waals surface area contributed by atoms with Gasteiger partial charge in [-0.1, -0.05) is 19.8 Å². The fourth-order valence-corrected chi connectivity index (χ4v) is 2.06. The SMILES string of the molecule is CCC(C)(C)OC1CCCCC1NC. The monoisotopic (exact) mass is 199 g/mol. The van der Waals surface area contributed by atoms with E-state index in [9.17, 15) is 0 Å². The molecule has 0 radical (unpaired) electrons. The molecule has 0 aliphatic heterocycles. The third-order valence-electron chi connectivity index (χ3n) is 3.40. The minimum Gasteiger partial charge on any atom is -0.371 e. The van der Waals surface area contributed by atoms with Crippen molar-refractivity contribution >= 4 is 0 Å². The zero-order valence-electron chi connectivity index (χ0n) is 10.1. The summed E-state index contributed by atoms with van der Waals surface area (Å²) in [7, 11) is 2.05. The van der Waals surface area contributed by atoms with E-state index in [1.807, 2.05) is 7.05 Å². The molecule has 0 saturated heterocycles. The first-order valence-corrected chi connectivity index (χ1v) is 5.94. The van der Waals surface area contributed by atoms with Crippen LogP contribution in [0.2, 0.25) is 0 Å². The molecular weight excluding hydrogens is 174 g/mol. The van der Waals surface area contributed by atoms with Crippen molar-refractivity contribution in [2.45, 2.75) is 70.6 Å². The Morgan fingerprint density at radius 1 is 1.29 bits per heavy atom. The first kappa shape index (κ1) is 12.0. The van der Waals surface area contributed by atoms with Crippen LogP contribution in [-0.2, 0) is 4.74 Å². The molecular formula is C12H25NO. The second-order valence-electron chi connectivity index (χ2n) is 4.95. The van der Waals surface area contributed by atoms with Crippen LogP contribution >= 0.6 is 0 Å². The Hall–Kier alpha value is -0.0800. The molecule has 0 heterocycles. The zero-order valence-corrected chi connectivity index (χ0v) is 10.1. The number of rotatable bonds is 4. The summed E-state index contributed by atoms with van der Waals surface area (Å²) < 4.78 is 6.17. The molecule has 1 aliphatic carbocycles. The first-order chi connectivity index (χ1) is 6.59. The van der Waals surface area contributed by atoms with Crippen molar-refractivity contribution in [2.75, 3.05) is 7.05 Å². The predicted molar refractivity (Wildman–Crippen MR) is 60.6 cm³/mol. The summed E-state index contributed by atoms with van der Waals surface area (Å²) in [6.45, 7) is 6.57. The molecule has 0 spiro atoms. The maximum Gasteiger partial charge on any atom is 0.0735 e. The van der Waals surface area contributed by atoms with E-state index in [4.69, 9.17) is 4.74 Å². The standard InChI is InChI=1S/C12H25NO/c1-5-12(2,3)14-11-9-7-6-8-10(11)13-4/h10-11,13H,5-9H2,1-4H3. The number of hydrogen-bond acceptors (Lipinski definition) is 2. The summed E-state index contributed by atoms with van der Waals surface area (Å²) >= 11 is 0.